The van der Waals surface area contributed by atoms with Gasteiger partial charge in [0.15, 0.2) is 0 Å². The summed E-state index contributed by atoms with van der Waals surface area (Å²) in [6.07, 6.45) is 7.79. The van der Waals surface area contributed by atoms with Gasteiger partial charge in [-0.15, -0.1) is 0 Å². The molecule has 26 heavy (non-hydrogen) atoms. The first-order valence-corrected chi connectivity index (χ1v) is 8.26. The third-order valence-electron chi connectivity index (χ3n) is 2.60. The molecule has 8 heteroatoms. The molecule has 0 bridgehead atoms. The zero-order valence-electron chi connectivity index (χ0n) is 15.8. The number of hydrogen-bond acceptors (Lipinski definition) is 8. The summed E-state index contributed by atoms with van der Waals surface area (Å²) in [5, 5.41) is 0. The van der Waals surface area contributed by atoms with Crippen molar-refractivity contribution in [2.45, 2.75) is 39.5 Å². The van der Waals surface area contributed by atoms with Crippen molar-refractivity contribution in [2.75, 3.05) is 27.4 Å². The number of carbonyl (C=O) groups is 4. The predicted molar refractivity (Wildman–Crippen MR) is 94.0 cm³/mol. The first-order valence-electron chi connectivity index (χ1n) is 8.26. The van der Waals surface area contributed by atoms with Gasteiger partial charge < -0.3 is 18.9 Å². The van der Waals surface area contributed by atoms with Gasteiger partial charge in [-0.3, -0.25) is 0 Å². The molecule has 0 aliphatic rings. The smallest absolute Gasteiger partial charge is 0.331 e. The predicted octanol–water partition coefficient (Wildman–Crippen LogP) is 2.12. The van der Waals surface area contributed by atoms with Crippen LogP contribution in [0.5, 0.6) is 0 Å². The van der Waals surface area contributed by atoms with Gasteiger partial charge in [0.25, 0.3) is 0 Å². The number of unbranched alkanes of at least 4 members (excludes halogenated alkanes) is 2. The summed E-state index contributed by atoms with van der Waals surface area (Å²) in [5.41, 5.74) is 0. The molecule has 0 aromatic carbocycles. The number of hydrogen-bond donors (Lipinski definition) is 0. The molecule has 0 N–H and O–H groups in total. The quantitative estimate of drug-likeness (QED) is 0.248. The highest BCUT2D eigenvalue weighted by molar-refractivity contribution is 5.92. The maximum absolute atomic E-state index is 11.0. The Labute approximate surface area is 154 Å². The van der Waals surface area contributed by atoms with Gasteiger partial charge in [0.05, 0.1) is 27.4 Å². The van der Waals surface area contributed by atoms with E-state index in [4.69, 9.17) is 9.47 Å². The molecular formula is C18H28O8. The summed E-state index contributed by atoms with van der Waals surface area (Å²) in [4.78, 5) is 42.7. The Morgan fingerprint density at radius 3 is 1.19 bits per heavy atom. The SMILES string of the molecule is CCCCOC(=O)C=CC(=O)OCCCC.COC(=O)C=CC(=O)OC. The van der Waals surface area contributed by atoms with Crippen molar-refractivity contribution in [2.24, 2.45) is 0 Å². The summed E-state index contributed by atoms with van der Waals surface area (Å²) in [6, 6.07) is 0. The first kappa shape index (κ1) is 25.6. The molecule has 0 unspecified atom stereocenters. The summed E-state index contributed by atoms with van der Waals surface area (Å²) in [7, 11) is 2.45. The van der Waals surface area contributed by atoms with Gasteiger partial charge in [-0.25, -0.2) is 19.2 Å². The van der Waals surface area contributed by atoms with E-state index in [0.717, 1.165) is 50.0 Å². The minimum absolute atomic E-state index is 0.393. The second-order valence-corrected chi connectivity index (χ2v) is 4.76. The third kappa shape index (κ3) is 19.4. The Morgan fingerprint density at radius 2 is 0.923 bits per heavy atom. The lowest BCUT2D eigenvalue weighted by atomic mass is 10.4. The first-order chi connectivity index (χ1) is 12.4. The van der Waals surface area contributed by atoms with E-state index in [9.17, 15) is 19.2 Å². The average molecular weight is 372 g/mol. The molecule has 0 aromatic rings. The zero-order valence-corrected chi connectivity index (χ0v) is 15.8. The fourth-order valence-corrected chi connectivity index (χ4v) is 1.14. The van der Waals surface area contributed by atoms with Crippen molar-refractivity contribution in [3.05, 3.63) is 24.3 Å². The van der Waals surface area contributed by atoms with E-state index in [1.807, 2.05) is 13.8 Å². The number of methoxy groups -OCH3 is 2. The summed E-state index contributed by atoms with van der Waals surface area (Å²) < 4.78 is 18.1. The molecule has 0 amide bonds. The molecule has 0 saturated heterocycles. The number of carbonyl (C=O) groups excluding carboxylic acids is 4. The lowest BCUT2D eigenvalue weighted by Gasteiger charge is -2.00. The average Bonchev–Trinajstić information content (AvgIpc) is 2.65. The van der Waals surface area contributed by atoms with Crippen LogP contribution in [0.1, 0.15) is 39.5 Å². The van der Waals surface area contributed by atoms with Crippen LogP contribution in [0.25, 0.3) is 0 Å². The normalized spacial score (nSPS) is 10.0. The van der Waals surface area contributed by atoms with E-state index in [1.165, 1.54) is 14.2 Å². The molecule has 0 atom stereocenters. The van der Waals surface area contributed by atoms with Crippen LogP contribution in [0.2, 0.25) is 0 Å². The maximum atomic E-state index is 11.0. The summed E-state index contributed by atoms with van der Waals surface area (Å²) in [5.74, 6) is -2.16. The van der Waals surface area contributed by atoms with E-state index in [1.54, 1.807) is 0 Å². The minimum atomic E-state index is -0.578. The highest BCUT2D eigenvalue weighted by Gasteiger charge is 2.00. The lowest BCUT2D eigenvalue weighted by molar-refractivity contribution is -0.140. The molecule has 0 heterocycles. The van der Waals surface area contributed by atoms with Gasteiger partial charge in [-0.2, -0.15) is 0 Å². The van der Waals surface area contributed by atoms with Crippen LogP contribution >= 0.6 is 0 Å². The maximum Gasteiger partial charge on any atom is 0.331 e. The fourth-order valence-electron chi connectivity index (χ4n) is 1.14. The monoisotopic (exact) mass is 372 g/mol. The molecule has 0 spiro atoms. The van der Waals surface area contributed by atoms with Crippen molar-refractivity contribution in [3.8, 4) is 0 Å². The Balaban J connectivity index is 0. The highest BCUT2D eigenvalue weighted by Crippen LogP contribution is 1.92. The second-order valence-electron chi connectivity index (χ2n) is 4.76. The van der Waals surface area contributed by atoms with Crippen molar-refractivity contribution < 1.29 is 38.1 Å². The van der Waals surface area contributed by atoms with E-state index >= 15 is 0 Å². The highest BCUT2D eigenvalue weighted by atomic mass is 16.5. The van der Waals surface area contributed by atoms with Crippen LogP contribution in [0, 0.1) is 0 Å². The Hall–Kier alpha value is -2.64. The van der Waals surface area contributed by atoms with Crippen molar-refractivity contribution in [3.63, 3.8) is 0 Å². The Morgan fingerprint density at radius 1 is 0.615 bits per heavy atom. The van der Waals surface area contributed by atoms with Crippen LogP contribution in [0.4, 0.5) is 0 Å². The van der Waals surface area contributed by atoms with Crippen LogP contribution < -0.4 is 0 Å². The van der Waals surface area contributed by atoms with E-state index in [2.05, 4.69) is 9.47 Å². The molecule has 148 valence electrons. The van der Waals surface area contributed by atoms with E-state index < -0.39 is 23.9 Å². The van der Waals surface area contributed by atoms with Gasteiger partial charge in [0.1, 0.15) is 0 Å². The summed E-state index contributed by atoms with van der Waals surface area (Å²) in [6.45, 7) is 4.80. The topological polar surface area (TPSA) is 105 Å². The third-order valence-corrected chi connectivity index (χ3v) is 2.60. The van der Waals surface area contributed by atoms with Crippen molar-refractivity contribution in [1.82, 2.24) is 0 Å². The molecule has 8 nitrogen and oxygen atoms in total. The lowest BCUT2D eigenvalue weighted by Crippen LogP contribution is -2.05. The molecule has 0 saturated carbocycles. The van der Waals surface area contributed by atoms with Gasteiger partial charge >= 0.3 is 23.9 Å². The van der Waals surface area contributed by atoms with E-state index in [-0.39, 0.29) is 0 Å². The van der Waals surface area contributed by atoms with Crippen LogP contribution in [-0.2, 0) is 38.1 Å². The molecule has 0 fully saturated rings. The number of esters is 4. The van der Waals surface area contributed by atoms with Crippen molar-refractivity contribution in [1.29, 1.82) is 0 Å². The van der Waals surface area contributed by atoms with Gasteiger partial charge in [-0.1, -0.05) is 26.7 Å². The Kier molecular flexibility index (Phi) is 18.4. The van der Waals surface area contributed by atoms with Crippen LogP contribution in [0.3, 0.4) is 0 Å². The van der Waals surface area contributed by atoms with Crippen molar-refractivity contribution >= 4 is 23.9 Å². The molecule has 0 aliphatic heterocycles. The largest absolute Gasteiger partial charge is 0.466 e. The van der Waals surface area contributed by atoms with E-state index in [0.29, 0.717) is 13.2 Å². The van der Waals surface area contributed by atoms with Gasteiger partial charge in [0, 0.05) is 24.3 Å². The minimum Gasteiger partial charge on any atom is -0.466 e. The Bertz CT molecular complexity index is 438. The standard InChI is InChI=1S/C12H20O4.C6H8O4/c1-3-5-9-15-11(13)7-8-12(14)16-10-6-4-2;1-9-5(7)3-4-6(8)10-2/h7-8H,3-6,9-10H2,1-2H3;3-4H,1-2H3. The summed E-state index contributed by atoms with van der Waals surface area (Å²) >= 11 is 0. The fraction of sp³-hybridized carbons (Fsp3) is 0.556. The van der Waals surface area contributed by atoms with Crippen LogP contribution in [0.15, 0.2) is 24.3 Å². The molecule has 0 aliphatic carbocycles. The number of ether oxygens (including phenoxy) is 4. The zero-order chi connectivity index (χ0) is 20.2. The van der Waals surface area contributed by atoms with Gasteiger partial charge in [0.2, 0.25) is 0 Å². The number of rotatable bonds is 10. The van der Waals surface area contributed by atoms with Crippen LogP contribution in [-0.4, -0.2) is 51.3 Å². The molecule has 0 aromatic heterocycles. The molecule has 0 rings (SSSR count). The molecular weight excluding hydrogens is 344 g/mol. The second kappa shape index (κ2) is 18.7. The molecule has 0 radical (unpaired) electrons. The van der Waals surface area contributed by atoms with Gasteiger partial charge in [-0.05, 0) is 12.8 Å².